The Balaban J connectivity index is 1.74. The molecule has 0 bridgehead atoms. The van der Waals surface area contributed by atoms with Gasteiger partial charge in [0.2, 0.25) is 0 Å². The molecule has 2 rings (SSSR count). The van der Waals surface area contributed by atoms with Gasteiger partial charge in [0, 0.05) is 6.04 Å². The van der Waals surface area contributed by atoms with Crippen molar-refractivity contribution < 1.29 is 13.5 Å². The summed E-state index contributed by atoms with van der Waals surface area (Å²) in [5.74, 6) is 1.08. The number of nitrogens with zero attached hydrogens (tertiary/aromatic N) is 2. The molecule has 6 heteroatoms. The zero-order valence-electron chi connectivity index (χ0n) is 10.3. The highest BCUT2D eigenvalue weighted by molar-refractivity contribution is 5.11. The number of hydrogen-bond acceptors (Lipinski definition) is 3. The molecule has 2 N–H and O–H groups in total. The molecular weight excluding hydrogens is 240 g/mol. The molecule has 1 aliphatic carbocycles. The summed E-state index contributed by atoms with van der Waals surface area (Å²) in [6.45, 7) is 0.231. The predicted octanol–water partition coefficient (Wildman–Crippen LogP) is 2.04. The Hall–Kier alpha value is -1.17. The average molecular weight is 259 g/mol. The summed E-state index contributed by atoms with van der Waals surface area (Å²) >= 11 is 0. The second-order valence-electron chi connectivity index (χ2n) is 4.88. The Kier molecular flexibility index (Phi) is 4.52. The number of halogens is 2. The van der Waals surface area contributed by atoms with E-state index in [4.69, 9.17) is 10.5 Å². The molecule has 1 fully saturated rings. The average Bonchev–Trinajstić information content (AvgIpc) is 2.75. The van der Waals surface area contributed by atoms with Gasteiger partial charge in [0.15, 0.2) is 5.75 Å². The summed E-state index contributed by atoms with van der Waals surface area (Å²) in [5.41, 5.74) is 5.83. The van der Waals surface area contributed by atoms with Crippen LogP contribution in [0, 0.1) is 5.92 Å². The fraction of sp³-hybridized carbons (Fsp3) is 0.750. The van der Waals surface area contributed by atoms with E-state index in [2.05, 4.69) is 5.10 Å². The van der Waals surface area contributed by atoms with Crippen molar-refractivity contribution in [2.24, 2.45) is 11.7 Å². The molecule has 102 valence electrons. The van der Waals surface area contributed by atoms with Gasteiger partial charge in [-0.15, -0.1) is 0 Å². The van der Waals surface area contributed by atoms with Crippen LogP contribution in [-0.2, 0) is 6.54 Å². The third-order valence-corrected chi connectivity index (χ3v) is 3.31. The standard InChI is InChI=1S/C12H19F2N3O/c13-12(14)7-17-6-11(5-16-17)18-8-9-1-3-10(15)4-2-9/h5-6,9-10,12H,1-4,7-8,15H2. The van der Waals surface area contributed by atoms with E-state index in [0.717, 1.165) is 25.7 Å². The molecule has 1 saturated carbocycles. The maximum Gasteiger partial charge on any atom is 0.257 e. The van der Waals surface area contributed by atoms with Gasteiger partial charge in [0.05, 0.1) is 19.0 Å². The number of hydrogen-bond donors (Lipinski definition) is 1. The summed E-state index contributed by atoms with van der Waals surface area (Å²) in [6, 6.07) is 0.329. The van der Waals surface area contributed by atoms with Gasteiger partial charge < -0.3 is 10.5 Å². The van der Waals surface area contributed by atoms with Crippen molar-refractivity contribution in [2.75, 3.05) is 6.61 Å². The van der Waals surface area contributed by atoms with Gasteiger partial charge in [-0.05, 0) is 31.6 Å². The molecule has 0 aliphatic heterocycles. The molecule has 1 heterocycles. The number of aromatic nitrogens is 2. The van der Waals surface area contributed by atoms with Crippen molar-refractivity contribution in [1.82, 2.24) is 9.78 Å². The first kappa shape index (κ1) is 13.3. The number of nitrogens with two attached hydrogens (primary N) is 1. The van der Waals surface area contributed by atoms with Crippen LogP contribution in [0.1, 0.15) is 25.7 Å². The fourth-order valence-electron chi connectivity index (χ4n) is 2.23. The molecule has 1 aromatic rings. The molecule has 0 radical (unpaired) electrons. The van der Waals surface area contributed by atoms with Gasteiger partial charge in [-0.1, -0.05) is 0 Å². The molecule has 0 unspecified atom stereocenters. The Labute approximate surface area is 105 Å². The molecule has 0 atom stereocenters. The maximum atomic E-state index is 12.1. The fourth-order valence-corrected chi connectivity index (χ4v) is 2.23. The van der Waals surface area contributed by atoms with Crippen molar-refractivity contribution >= 4 is 0 Å². The summed E-state index contributed by atoms with van der Waals surface area (Å²) in [7, 11) is 0. The van der Waals surface area contributed by atoms with Crippen LogP contribution in [0.25, 0.3) is 0 Å². The molecule has 0 aromatic carbocycles. The lowest BCUT2D eigenvalue weighted by Gasteiger charge is -2.25. The monoisotopic (exact) mass is 259 g/mol. The zero-order chi connectivity index (χ0) is 13.0. The van der Waals surface area contributed by atoms with Gasteiger partial charge in [0.25, 0.3) is 6.43 Å². The lowest BCUT2D eigenvalue weighted by Crippen LogP contribution is -2.28. The van der Waals surface area contributed by atoms with E-state index < -0.39 is 6.43 Å². The Morgan fingerprint density at radius 3 is 2.78 bits per heavy atom. The molecule has 4 nitrogen and oxygen atoms in total. The largest absolute Gasteiger partial charge is 0.490 e. The van der Waals surface area contributed by atoms with E-state index in [9.17, 15) is 8.78 Å². The number of ether oxygens (including phenoxy) is 1. The smallest absolute Gasteiger partial charge is 0.257 e. The van der Waals surface area contributed by atoms with Crippen LogP contribution >= 0.6 is 0 Å². The van der Waals surface area contributed by atoms with Crippen LogP contribution in [-0.4, -0.2) is 28.9 Å². The Morgan fingerprint density at radius 1 is 1.39 bits per heavy atom. The van der Waals surface area contributed by atoms with Gasteiger partial charge in [-0.25, -0.2) is 8.78 Å². The third kappa shape index (κ3) is 3.94. The topological polar surface area (TPSA) is 53.1 Å². The number of rotatable bonds is 5. The van der Waals surface area contributed by atoms with E-state index in [0.29, 0.717) is 24.3 Å². The first-order valence-corrected chi connectivity index (χ1v) is 6.32. The second kappa shape index (κ2) is 6.13. The van der Waals surface area contributed by atoms with E-state index >= 15 is 0 Å². The molecule has 18 heavy (non-hydrogen) atoms. The quantitative estimate of drug-likeness (QED) is 0.880. The van der Waals surface area contributed by atoms with E-state index in [1.54, 1.807) is 0 Å². The zero-order valence-corrected chi connectivity index (χ0v) is 10.3. The van der Waals surface area contributed by atoms with Crippen LogP contribution in [0.2, 0.25) is 0 Å². The summed E-state index contributed by atoms with van der Waals surface area (Å²) in [6.07, 6.45) is 4.84. The highest BCUT2D eigenvalue weighted by Crippen LogP contribution is 2.24. The second-order valence-corrected chi connectivity index (χ2v) is 4.88. The lowest BCUT2D eigenvalue weighted by atomic mass is 9.87. The van der Waals surface area contributed by atoms with Gasteiger partial charge >= 0.3 is 0 Å². The Morgan fingerprint density at radius 2 is 2.11 bits per heavy atom. The van der Waals surface area contributed by atoms with Gasteiger partial charge in [-0.3, -0.25) is 4.68 Å². The van der Waals surface area contributed by atoms with Crippen LogP contribution in [0.3, 0.4) is 0 Å². The van der Waals surface area contributed by atoms with Crippen molar-refractivity contribution in [3.05, 3.63) is 12.4 Å². The van der Waals surface area contributed by atoms with Crippen molar-refractivity contribution in [3.63, 3.8) is 0 Å². The van der Waals surface area contributed by atoms with E-state index in [1.165, 1.54) is 17.1 Å². The molecule has 0 amide bonds. The highest BCUT2D eigenvalue weighted by atomic mass is 19.3. The molecular formula is C12H19F2N3O. The Bertz CT molecular complexity index is 362. The number of alkyl halides is 2. The van der Waals surface area contributed by atoms with Crippen LogP contribution in [0.5, 0.6) is 5.75 Å². The minimum atomic E-state index is -2.39. The molecule has 0 spiro atoms. The first-order valence-electron chi connectivity index (χ1n) is 6.32. The molecule has 1 aliphatic rings. The van der Waals surface area contributed by atoms with E-state index in [-0.39, 0.29) is 6.54 Å². The lowest BCUT2D eigenvalue weighted by molar-refractivity contribution is 0.121. The van der Waals surface area contributed by atoms with Crippen molar-refractivity contribution in [2.45, 2.75) is 44.7 Å². The summed E-state index contributed by atoms with van der Waals surface area (Å²) in [5, 5.41) is 3.82. The highest BCUT2D eigenvalue weighted by Gasteiger charge is 2.19. The maximum absolute atomic E-state index is 12.1. The van der Waals surface area contributed by atoms with Crippen molar-refractivity contribution in [1.29, 1.82) is 0 Å². The normalized spacial score (nSPS) is 24.4. The van der Waals surface area contributed by atoms with E-state index in [1.807, 2.05) is 0 Å². The third-order valence-electron chi connectivity index (χ3n) is 3.31. The van der Waals surface area contributed by atoms with Gasteiger partial charge in [-0.2, -0.15) is 5.10 Å². The predicted molar refractivity (Wildman–Crippen MR) is 63.7 cm³/mol. The minimum absolute atomic E-state index is 0.329. The summed E-state index contributed by atoms with van der Waals surface area (Å²) < 4.78 is 31.0. The first-order chi connectivity index (χ1) is 8.63. The minimum Gasteiger partial charge on any atom is -0.490 e. The van der Waals surface area contributed by atoms with Crippen LogP contribution < -0.4 is 10.5 Å². The SMILES string of the molecule is NC1CCC(COc2cnn(CC(F)F)c2)CC1. The molecule has 0 saturated heterocycles. The van der Waals surface area contributed by atoms with Gasteiger partial charge in [0.1, 0.15) is 6.54 Å². The summed E-state index contributed by atoms with van der Waals surface area (Å²) in [4.78, 5) is 0. The van der Waals surface area contributed by atoms with Crippen LogP contribution in [0.4, 0.5) is 8.78 Å². The van der Waals surface area contributed by atoms with Crippen molar-refractivity contribution in [3.8, 4) is 5.75 Å². The molecule has 1 aromatic heterocycles. The van der Waals surface area contributed by atoms with Crippen LogP contribution in [0.15, 0.2) is 12.4 Å².